The molecule has 4 bridgehead atoms. The first-order valence-corrected chi connectivity index (χ1v) is 23.3. The zero-order valence-electron chi connectivity index (χ0n) is 36.0. The lowest BCUT2D eigenvalue weighted by atomic mass is 9.70. The summed E-state index contributed by atoms with van der Waals surface area (Å²) in [4.78, 5) is 49.0. The lowest BCUT2D eigenvalue weighted by Gasteiger charge is -2.39. The van der Waals surface area contributed by atoms with Gasteiger partial charge in [-0.15, -0.1) is 0 Å². The Kier molecular flexibility index (Phi) is 15.1. The number of ether oxygens (including phenoxy) is 6. The van der Waals surface area contributed by atoms with E-state index in [4.69, 9.17) is 28.4 Å². The molecule has 0 radical (unpaired) electrons. The van der Waals surface area contributed by atoms with Gasteiger partial charge in [0.15, 0.2) is 13.2 Å². The molecule has 60 heavy (non-hydrogen) atoms. The lowest BCUT2D eigenvalue weighted by Crippen LogP contribution is -2.40. The Morgan fingerprint density at radius 2 is 1.05 bits per heavy atom. The highest BCUT2D eigenvalue weighted by atomic mass is 79.9. The van der Waals surface area contributed by atoms with Crippen molar-refractivity contribution in [3.05, 3.63) is 20.4 Å². The Morgan fingerprint density at radius 1 is 0.650 bits per heavy atom. The number of halogens is 2. The number of fused-ring (bicyclic) bond motifs is 4. The highest BCUT2D eigenvalue weighted by Gasteiger charge is 2.64. The number of hydrogen-bond donors (Lipinski definition) is 2. The molecule has 4 saturated carbocycles. The molecule has 8 atom stereocenters. The Morgan fingerprint density at radius 3 is 1.40 bits per heavy atom. The largest absolute Gasteiger partial charge is 0.452 e. The zero-order chi connectivity index (χ0) is 43.3. The van der Waals surface area contributed by atoms with Gasteiger partial charge in [0.05, 0.1) is 12.2 Å². The van der Waals surface area contributed by atoms with Gasteiger partial charge in [0, 0.05) is 25.9 Å². The number of unbranched alkanes of at least 4 members (excludes halogenated alkanes) is 4. The number of cyclic esters (lactones) is 2. The van der Waals surface area contributed by atoms with Crippen LogP contribution in [0, 0.1) is 57.2 Å². The van der Waals surface area contributed by atoms with Crippen LogP contribution in [0.25, 0.3) is 0 Å². The van der Waals surface area contributed by atoms with Crippen LogP contribution in [-0.2, 0) is 47.6 Å². The van der Waals surface area contributed by atoms with Gasteiger partial charge in [0.25, 0.3) is 0 Å². The minimum Gasteiger partial charge on any atom is -0.452 e. The second-order valence-corrected chi connectivity index (χ2v) is 20.4. The van der Waals surface area contributed by atoms with Crippen molar-refractivity contribution < 1.29 is 47.6 Å². The van der Waals surface area contributed by atoms with Crippen molar-refractivity contribution in [2.24, 2.45) is 33.5 Å². The van der Waals surface area contributed by atoms with Crippen molar-refractivity contribution >= 4 is 55.7 Å². The van der Waals surface area contributed by atoms with Gasteiger partial charge < -0.3 is 39.1 Å². The molecule has 0 saturated heterocycles. The zero-order valence-corrected chi connectivity index (χ0v) is 39.2. The molecule has 0 aromatic heterocycles. The van der Waals surface area contributed by atoms with Crippen LogP contribution in [0.3, 0.4) is 0 Å². The lowest BCUT2D eigenvalue weighted by molar-refractivity contribution is -0.184. The number of carbonyl (C=O) groups excluding carboxylic acids is 4. The fraction of sp³-hybridized carbons (Fsp3) is 0.739. The standard InChI is InChI=1S/C46H62Br2N2O10/c1-43(2)29-19-21-45(43,5)31(27-29)57-41-37(35(47)39(53)59-41)49-23-13-9-11-17-33(51)55-25-15-7-8-16-26-56-34(52)18-12-10-14-24-50-38-36(48)40(54)60-42(38)58-32-28-30-20-22-46(32,6)44(30,3)4/h29-32,41-42,49-50H,9-14,17-28H2,1-6H3/t29-,30-,31+,32+,41-,42-,45+,46+/m0/s1. The molecule has 4 fully saturated rings. The maximum absolute atomic E-state index is 12.4. The average molecular weight is 963 g/mol. The van der Waals surface area contributed by atoms with Gasteiger partial charge in [-0.25, -0.2) is 9.59 Å². The maximum atomic E-state index is 12.4. The summed E-state index contributed by atoms with van der Waals surface area (Å²) in [6.45, 7) is 15.0. The smallest absolute Gasteiger partial charge is 0.349 e. The molecule has 6 aliphatic rings. The summed E-state index contributed by atoms with van der Waals surface area (Å²) in [7, 11) is 0. The Bertz CT molecular complexity index is 1720. The van der Waals surface area contributed by atoms with E-state index in [1.54, 1.807) is 0 Å². The van der Waals surface area contributed by atoms with E-state index in [0.29, 0.717) is 58.1 Å². The van der Waals surface area contributed by atoms with E-state index in [2.05, 4.69) is 108 Å². The summed E-state index contributed by atoms with van der Waals surface area (Å²) >= 11 is 6.76. The first-order chi connectivity index (χ1) is 28.5. The molecule has 0 spiro atoms. The van der Waals surface area contributed by atoms with Gasteiger partial charge in [-0.3, -0.25) is 9.59 Å². The van der Waals surface area contributed by atoms with Crippen molar-refractivity contribution in [3.63, 3.8) is 0 Å². The first kappa shape index (κ1) is 46.5. The monoisotopic (exact) mass is 960 g/mol. The van der Waals surface area contributed by atoms with Crippen LogP contribution in [0.1, 0.15) is 131 Å². The van der Waals surface area contributed by atoms with E-state index >= 15 is 0 Å². The summed E-state index contributed by atoms with van der Waals surface area (Å²) in [6.07, 6.45) is 10.3. The molecule has 14 heteroatoms. The van der Waals surface area contributed by atoms with Gasteiger partial charge in [-0.05, 0) is 153 Å². The predicted molar refractivity (Wildman–Crippen MR) is 230 cm³/mol. The number of hydrogen-bond acceptors (Lipinski definition) is 12. The fourth-order valence-corrected chi connectivity index (χ4v) is 11.3. The van der Waals surface area contributed by atoms with Gasteiger partial charge in [-0.2, -0.15) is 0 Å². The van der Waals surface area contributed by atoms with Crippen molar-refractivity contribution in [2.75, 3.05) is 26.3 Å². The third-order valence-corrected chi connectivity index (χ3v) is 16.8. The van der Waals surface area contributed by atoms with Crippen molar-refractivity contribution in [1.82, 2.24) is 10.6 Å². The summed E-state index contributed by atoms with van der Waals surface area (Å²) in [5.74, 6) is 10.3. The van der Waals surface area contributed by atoms with Crippen LogP contribution in [0.2, 0.25) is 0 Å². The SMILES string of the molecule is CC1(C)[C@H]2CC[C@]1(C)[C@H](O[C@H]1OC(=O)C(Br)=C1NCCCCCC(=O)OCC#CC#CCOC(=O)CCCCCNC1=C(Br)C(=O)O[C@@H]1O[C@@H]1C[C@@H]3CC[C@@]1(C)C3(C)C)C2. The number of carbonyl (C=O) groups is 4. The Balaban J connectivity index is 0.762. The molecule has 12 nitrogen and oxygen atoms in total. The molecule has 2 aliphatic heterocycles. The van der Waals surface area contributed by atoms with E-state index in [0.717, 1.165) is 51.4 Å². The van der Waals surface area contributed by atoms with Crippen LogP contribution < -0.4 is 10.6 Å². The predicted octanol–water partition coefficient (Wildman–Crippen LogP) is 7.82. The van der Waals surface area contributed by atoms with Gasteiger partial charge in [0.2, 0.25) is 12.6 Å². The highest BCUT2D eigenvalue weighted by molar-refractivity contribution is 9.12. The minimum absolute atomic E-state index is 0.0350. The van der Waals surface area contributed by atoms with Crippen LogP contribution >= 0.6 is 31.9 Å². The van der Waals surface area contributed by atoms with Gasteiger partial charge in [-0.1, -0.05) is 54.4 Å². The fourth-order valence-electron chi connectivity index (χ4n) is 10.5. The van der Waals surface area contributed by atoms with Crippen LogP contribution in [0.4, 0.5) is 0 Å². The van der Waals surface area contributed by atoms with Crippen LogP contribution in [0.5, 0.6) is 0 Å². The second-order valence-electron chi connectivity index (χ2n) is 18.8. The molecule has 6 rings (SSSR count). The van der Waals surface area contributed by atoms with Crippen LogP contribution in [0.15, 0.2) is 20.4 Å². The summed E-state index contributed by atoms with van der Waals surface area (Å²) in [5, 5.41) is 6.66. The number of rotatable bonds is 20. The summed E-state index contributed by atoms with van der Waals surface area (Å²) < 4.78 is 35.1. The van der Waals surface area contributed by atoms with Gasteiger partial charge in [0.1, 0.15) is 20.4 Å². The summed E-state index contributed by atoms with van der Waals surface area (Å²) in [5.41, 5.74) is 1.75. The molecular formula is C46H62Br2N2O10. The van der Waals surface area contributed by atoms with E-state index in [-0.39, 0.29) is 71.9 Å². The molecule has 0 amide bonds. The molecule has 330 valence electrons. The Hall–Kier alpha value is -3.04. The third-order valence-electron chi connectivity index (χ3n) is 15.3. The molecular weight excluding hydrogens is 900 g/mol. The topological polar surface area (TPSA) is 148 Å². The minimum atomic E-state index is -0.742. The van der Waals surface area contributed by atoms with Crippen LogP contribution in [-0.4, -0.2) is 75.0 Å². The third kappa shape index (κ3) is 9.77. The molecule has 0 aromatic rings. The number of esters is 4. The first-order valence-electron chi connectivity index (χ1n) is 21.8. The average Bonchev–Trinajstić information content (AvgIpc) is 3.89. The quantitative estimate of drug-likeness (QED) is 0.0531. The van der Waals surface area contributed by atoms with E-state index in [1.165, 1.54) is 12.8 Å². The number of nitrogens with one attached hydrogen (secondary N) is 2. The van der Waals surface area contributed by atoms with E-state index in [1.807, 2.05) is 0 Å². The molecule has 0 aromatic carbocycles. The van der Waals surface area contributed by atoms with Crippen molar-refractivity contribution in [1.29, 1.82) is 0 Å². The van der Waals surface area contributed by atoms with E-state index < -0.39 is 24.5 Å². The summed E-state index contributed by atoms with van der Waals surface area (Å²) in [6, 6.07) is 0. The normalized spacial score (nSPS) is 31.7. The highest BCUT2D eigenvalue weighted by Crippen LogP contribution is 2.67. The molecule has 2 heterocycles. The van der Waals surface area contributed by atoms with E-state index in [9.17, 15) is 19.2 Å². The molecule has 2 N–H and O–H groups in total. The van der Waals surface area contributed by atoms with Crippen molar-refractivity contribution in [2.45, 2.75) is 156 Å². The second kappa shape index (κ2) is 19.6. The molecule has 4 aliphatic carbocycles. The maximum Gasteiger partial charge on any atom is 0.349 e. The Labute approximate surface area is 372 Å². The van der Waals surface area contributed by atoms with Crippen molar-refractivity contribution in [3.8, 4) is 23.7 Å². The molecule has 0 unspecified atom stereocenters. The van der Waals surface area contributed by atoms with Gasteiger partial charge >= 0.3 is 23.9 Å².